The summed E-state index contributed by atoms with van der Waals surface area (Å²) < 4.78 is 28.7. The number of piperidine rings is 1. The largest absolute Gasteiger partial charge is 0.357 e. The number of benzene rings is 2. The molecule has 4 aromatic heterocycles. The van der Waals surface area contributed by atoms with Gasteiger partial charge in [-0.15, -0.1) is 11.3 Å². The molecule has 2 saturated heterocycles. The Hall–Kier alpha value is -4.39. The molecule has 12 heteroatoms. The number of H-pyrrole nitrogens is 1. The van der Waals surface area contributed by atoms with Crippen LogP contribution in [0.1, 0.15) is 26.2 Å². The van der Waals surface area contributed by atoms with Crippen LogP contribution in [-0.4, -0.2) is 82.2 Å². The van der Waals surface area contributed by atoms with Crippen molar-refractivity contribution < 1.29 is 8.42 Å². The second-order valence-electron chi connectivity index (χ2n) is 12.8. The molecule has 0 bridgehead atoms. The van der Waals surface area contributed by atoms with E-state index >= 15 is 0 Å². The van der Waals surface area contributed by atoms with Gasteiger partial charge in [0.05, 0.1) is 16.7 Å². The van der Waals surface area contributed by atoms with Crippen LogP contribution in [0.5, 0.6) is 0 Å². The minimum Gasteiger partial charge on any atom is -0.357 e. The maximum absolute atomic E-state index is 13.5. The Morgan fingerprint density at radius 2 is 1.62 bits per heavy atom. The first kappa shape index (κ1) is 30.9. The number of hydrogen-bond donors (Lipinski definition) is 1. The molecule has 2 atom stereocenters. The van der Waals surface area contributed by atoms with Gasteiger partial charge in [0, 0.05) is 55.4 Å². The fraction of sp³-hybridized carbons (Fsp3) is 0.333. The predicted molar refractivity (Wildman–Crippen MR) is 194 cm³/mol. The SMILES string of the molecule is CC1CC(CCS(=O)(=O)N2CCN(c3ncnc4cc[nH]c34)CC2)CCN1c1nc(-c2ccccc2)nc2sc(-c3ccccc3)cc12. The van der Waals surface area contributed by atoms with Crippen LogP contribution in [0.2, 0.25) is 0 Å². The quantitative estimate of drug-likeness (QED) is 0.196. The molecule has 0 saturated carbocycles. The second-order valence-corrected chi connectivity index (χ2v) is 15.9. The minimum atomic E-state index is -3.36. The lowest BCUT2D eigenvalue weighted by Crippen LogP contribution is -2.50. The molecule has 6 aromatic rings. The van der Waals surface area contributed by atoms with Crippen molar-refractivity contribution in [3.63, 3.8) is 0 Å². The highest BCUT2D eigenvalue weighted by Crippen LogP contribution is 2.40. The molecular weight excluding hydrogens is 641 g/mol. The van der Waals surface area contributed by atoms with Gasteiger partial charge >= 0.3 is 0 Å². The molecule has 6 heterocycles. The molecule has 246 valence electrons. The zero-order valence-corrected chi connectivity index (χ0v) is 28.5. The smallest absolute Gasteiger partial charge is 0.214 e. The molecule has 2 unspecified atom stereocenters. The highest BCUT2D eigenvalue weighted by Gasteiger charge is 2.32. The molecule has 10 nitrogen and oxygen atoms in total. The van der Waals surface area contributed by atoms with Gasteiger partial charge in [-0.25, -0.2) is 28.4 Å². The van der Waals surface area contributed by atoms with Crippen LogP contribution in [0.15, 0.2) is 85.3 Å². The van der Waals surface area contributed by atoms with Gasteiger partial charge in [-0.1, -0.05) is 60.7 Å². The first-order valence-corrected chi connectivity index (χ1v) is 19.1. The van der Waals surface area contributed by atoms with Gasteiger partial charge in [-0.05, 0) is 49.8 Å². The van der Waals surface area contributed by atoms with Crippen molar-refractivity contribution in [2.24, 2.45) is 5.92 Å². The Bertz CT molecular complexity index is 2140. The first-order valence-electron chi connectivity index (χ1n) is 16.6. The number of thiophene rings is 1. The molecule has 2 aromatic carbocycles. The highest BCUT2D eigenvalue weighted by atomic mass is 32.2. The van der Waals surface area contributed by atoms with Crippen molar-refractivity contribution in [1.82, 2.24) is 29.2 Å². The summed E-state index contributed by atoms with van der Waals surface area (Å²) in [7, 11) is -3.36. The molecule has 1 N–H and O–H groups in total. The van der Waals surface area contributed by atoms with Crippen LogP contribution < -0.4 is 9.80 Å². The summed E-state index contributed by atoms with van der Waals surface area (Å²) in [5, 5.41) is 1.07. The first-order chi connectivity index (χ1) is 23.4. The molecule has 2 fully saturated rings. The van der Waals surface area contributed by atoms with E-state index in [-0.39, 0.29) is 11.8 Å². The van der Waals surface area contributed by atoms with E-state index in [1.54, 1.807) is 22.0 Å². The Labute approximate surface area is 284 Å². The van der Waals surface area contributed by atoms with E-state index in [0.717, 1.165) is 63.7 Å². The number of anilines is 2. The lowest BCUT2D eigenvalue weighted by molar-refractivity contribution is 0.338. The number of nitrogens with zero attached hydrogens (tertiary/aromatic N) is 7. The van der Waals surface area contributed by atoms with E-state index in [1.165, 1.54) is 10.4 Å². The van der Waals surface area contributed by atoms with Crippen LogP contribution >= 0.6 is 11.3 Å². The third-order valence-corrected chi connectivity index (χ3v) is 12.7. The molecule has 2 aliphatic rings. The Morgan fingerprint density at radius 3 is 2.38 bits per heavy atom. The topological polar surface area (TPSA) is 111 Å². The summed E-state index contributed by atoms with van der Waals surface area (Å²) in [5.74, 6) is 3.05. The second kappa shape index (κ2) is 12.9. The third kappa shape index (κ3) is 6.04. The van der Waals surface area contributed by atoms with Crippen molar-refractivity contribution in [3.05, 3.63) is 85.3 Å². The van der Waals surface area contributed by atoms with Gasteiger partial charge in [0.15, 0.2) is 11.6 Å². The summed E-state index contributed by atoms with van der Waals surface area (Å²) in [6, 6.07) is 25.0. The van der Waals surface area contributed by atoms with Crippen LogP contribution in [-0.2, 0) is 10.0 Å². The summed E-state index contributed by atoms with van der Waals surface area (Å²) in [6.07, 6.45) is 5.94. The van der Waals surface area contributed by atoms with Gasteiger partial charge < -0.3 is 14.8 Å². The normalized spacial score (nSPS) is 19.4. The lowest BCUT2D eigenvalue weighted by atomic mass is 9.89. The number of aromatic nitrogens is 5. The van der Waals surface area contributed by atoms with Crippen LogP contribution in [0.25, 0.3) is 43.1 Å². The van der Waals surface area contributed by atoms with Gasteiger partial charge in [0.1, 0.15) is 22.5 Å². The fourth-order valence-electron chi connectivity index (χ4n) is 7.15. The maximum atomic E-state index is 13.5. The van der Waals surface area contributed by atoms with Crippen molar-refractivity contribution in [3.8, 4) is 21.8 Å². The Kier molecular flexibility index (Phi) is 8.31. The monoisotopic (exact) mass is 678 g/mol. The maximum Gasteiger partial charge on any atom is 0.214 e. The van der Waals surface area contributed by atoms with E-state index in [1.807, 2.05) is 36.5 Å². The van der Waals surface area contributed by atoms with E-state index in [0.29, 0.717) is 38.5 Å². The Morgan fingerprint density at radius 1 is 0.875 bits per heavy atom. The lowest BCUT2D eigenvalue weighted by Gasteiger charge is -2.39. The summed E-state index contributed by atoms with van der Waals surface area (Å²) in [4.78, 5) is 28.9. The predicted octanol–water partition coefficient (Wildman–Crippen LogP) is 6.44. The van der Waals surface area contributed by atoms with E-state index < -0.39 is 10.0 Å². The van der Waals surface area contributed by atoms with Gasteiger partial charge in [-0.3, -0.25) is 0 Å². The van der Waals surface area contributed by atoms with Crippen molar-refractivity contribution >= 4 is 54.2 Å². The average Bonchev–Trinajstić information content (AvgIpc) is 3.79. The molecule has 0 spiro atoms. The van der Waals surface area contributed by atoms with E-state index in [9.17, 15) is 8.42 Å². The van der Waals surface area contributed by atoms with Crippen LogP contribution in [0.4, 0.5) is 11.6 Å². The van der Waals surface area contributed by atoms with Crippen LogP contribution in [0.3, 0.4) is 0 Å². The molecular formula is C36H38N8O2S2. The molecule has 0 aliphatic carbocycles. The van der Waals surface area contributed by atoms with Gasteiger partial charge in [-0.2, -0.15) is 4.31 Å². The number of rotatable bonds is 8. The Balaban J connectivity index is 0.950. The summed E-state index contributed by atoms with van der Waals surface area (Å²) in [6.45, 7) is 5.20. The number of hydrogen-bond acceptors (Lipinski definition) is 9. The molecule has 48 heavy (non-hydrogen) atoms. The molecule has 8 rings (SSSR count). The van der Waals surface area contributed by atoms with Gasteiger partial charge in [0.2, 0.25) is 10.0 Å². The molecule has 2 aliphatic heterocycles. The zero-order valence-electron chi connectivity index (χ0n) is 26.9. The summed E-state index contributed by atoms with van der Waals surface area (Å²) in [5.41, 5.74) is 3.93. The van der Waals surface area contributed by atoms with Crippen molar-refractivity contribution in [2.75, 3.05) is 48.3 Å². The summed E-state index contributed by atoms with van der Waals surface area (Å²) >= 11 is 1.70. The molecule has 0 radical (unpaired) electrons. The van der Waals surface area contributed by atoms with Gasteiger partial charge in [0.25, 0.3) is 0 Å². The van der Waals surface area contributed by atoms with E-state index in [4.69, 9.17) is 9.97 Å². The number of fused-ring (bicyclic) bond motifs is 2. The third-order valence-electron chi connectivity index (χ3n) is 9.76. The van der Waals surface area contributed by atoms with Crippen LogP contribution in [0, 0.1) is 5.92 Å². The minimum absolute atomic E-state index is 0.180. The zero-order chi connectivity index (χ0) is 32.7. The average molecular weight is 679 g/mol. The standard InChI is InChI=1S/C36H38N8O2S2/c1-25-22-26(14-21-48(45,46)43-19-17-42(18-20-43)35-32-30(12-15-37-32)38-24-39-35)13-16-44(25)34-29-23-31(27-8-4-2-5-9-27)47-36(29)41-33(40-34)28-10-6-3-7-11-28/h2-12,15,23-26,37H,13-14,16-22H2,1H3. The highest BCUT2D eigenvalue weighted by molar-refractivity contribution is 7.89. The molecule has 0 amide bonds. The van der Waals surface area contributed by atoms with Crippen molar-refractivity contribution in [2.45, 2.75) is 32.2 Å². The van der Waals surface area contributed by atoms with E-state index in [2.05, 4.69) is 74.1 Å². The van der Waals surface area contributed by atoms with Crippen molar-refractivity contribution in [1.29, 1.82) is 0 Å². The number of aromatic amines is 1. The number of nitrogens with one attached hydrogen (secondary N) is 1. The number of piperazine rings is 1. The number of sulfonamides is 1. The fourth-order valence-corrected chi connectivity index (χ4v) is 9.79.